The lowest BCUT2D eigenvalue weighted by molar-refractivity contribution is 0.385. The number of hydrogen-bond donors (Lipinski definition) is 2. The van der Waals surface area contributed by atoms with Crippen molar-refractivity contribution >= 4 is 34.6 Å². The third kappa shape index (κ3) is 3.08. The molecule has 0 amide bonds. The minimum absolute atomic E-state index is 0.559. The number of benzene rings is 1. The zero-order valence-corrected chi connectivity index (χ0v) is 9.87. The third-order valence-electron chi connectivity index (χ3n) is 2.52. The Balaban J connectivity index is 1.87. The van der Waals surface area contributed by atoms with Gasteiger partial charge in [0.15, 0.2) is 5.11 Å². The van der Waals surface area contributed by atoms with Gasteiger partial charge in [-0.1, -0.05) is 17.7 Å². The van der Waals surface area contributed by atoms with E-state index < -0.39 is 0 Å². The van der Waals surface area contributed by atoms with E-state index in [2.05, 4.69) is 10.6 Å². The van der Waals surface area contributed by atoms with Gasteiger partial charge in [0.2, 0.25) is 0 Å². The van der Waals surface area contributed by atoms with Crippen molar-refractivity contribution in [3.63, 3.8) is 0 Å². The van der Waals surface area contributed by atoms with Crippen LogP contribution in [0.15, 0.2) is 24.3 Å². The Morgan fingerprint density at radius 1 is 1.40 bits per heavy atom. The van der Waals surface area contributed by atoms with Gasteiger partial charge < -0.3 is 10.6 Å². The number of thiocarbonyl (C=S) groups is 1. The maximum atomic E-state index is 5.87. The van der Waals surface area contributed by atoms with Gasteiger partial charge in [0, 0.05) is 16.8 Å². The van der Waals surface area contributed by atoms with Crippen LogP contribution in [0.4, 0.5) is 5.69 Å². The van der Waals surface area contributed by atoms with E-state index in [0.29, 0.717) is 16.2 Å². The quantitative estimate of drug-likeness (QED) is 0.777. The first-order chi connectivity index (χ1) is 7.24. The van der Waals surface area contributed by atoms with Crippen molar-refractivity contribution in [2.45, 2.75) is 25.3 Å². The summed E-state index contributed by atoms with van der Waals surface area (Å²) in [6, 6.07) is 8.10. The summed E-state index contributed by atoms with van der Waals surface area (Å²) in [6.45, 7) is 0. The zero-order valence-electron chi connectivity index (χ0n) is 8.29. The molecule has 1 aromatic rings. The molecule has 2 rings (SSSR count). The van der Waals surface area contributed by atoms with E-state index in [0.717, 1.165) is 5.69 Å². The fraction of sp³-hybridized carbons (Fsp3) is 0.364. The van der Waals surface area contributed by atoms with E-state index in [9.17, 15) is 0 Å². The lowest BCUT2D eigenvalue weighted by Gasteiger charge is -2.27. The van der Waals surface area contributed by atoms with Gasteiger partial charge in [-0.2, -0.15) is 0 Å². The molecule has 1 aliphatic carbocycles. The highest BCUT2D eigenvalue weighted by Crippen LogP contribution is 2.19. The molecule has 0 spiro atoms. The summed E-state index contributed by atoms with van der Waals surface area (Å²) in [4.78, 5) is 0. The van der Waals surface area contributed by atoms with Crippen LogP contribution in [0.1, 0.15) is 19.3 Å². The van der Waals surface area contributed by atoms with Crippen LogP contribution in [-0.2, 0) is 0 Å². The van der Waals surface area contributed by atoms with Crippen LogP contribution in [-0.4, -0.2) is 11.2 Å². The lowest BCUT2D eigenvalue weighted by Crippen LogP contribution is -2.41. The second-order valence-corrected chi connectivity index (χ2v) is 4.58. The molecule has 1 aromatic carbocycles. The highest BCUT2D eigenvalue weighted by atomic mass is 35.5. The fourth-order valence-electron chi connectivity index (χ4n) is 1.47. The summed E-state index contributed by atoms with van der Waals surface area (Å²) in [7, 11) is 0. The Hall–Kier alpha value is -0.800. The van der Waals surface area contributed by atoms with Gasteiger partial charge >= 0.3 is 0 Å². The Morgan fingerprint density at radius 3 is 2.80 bits per heavy atom. The minimum Gasteiger partial charge on any atom is -0.360 e. The molecule has 1 aliphatic rings. The topological polar surface area (TPSA) is 24.1 Å². The van der Waals surface area contributed by atoms with Crippen LogP contribution in [0.25, 0.3) is 0 Å². The van der Waals surface area contributed by atoms with Crippen LogP contribution in [0.2, 0.25) is 5.02 Å². The third-order valence-corrected chi connectivity index (χ3v) is 2.98. The molecule has 1 fully saturated rings. The molecule has 0 saturated heterocycles. The van der Waals surface area contributed by atoms with E-state index in [1.807, 2.05) is 24.3 Å². The fourth-order valence-corrected chi connectivity index (χ4v) is 1.95. The average Bonchev–Trinajstić information content (AvgIpc) is 2.11. The van der Waals surface area contributed by atoms with Gasteiger partial charge in [0.25, 0.3) is 0 Å². The maximum absolute atomic E-state index is 5.87. The maximum Gasteiger partial charge on any atom is 0.170 e. The molecule has 80 valence electrons. The van der Waals surface area contributed by atoms with Gasteiger partial charge in [-0.15, -0.1) is 0 Å². The Bertz CT molecular complexity index is 363. The second-order valence-electron chi connectivity index (χ2n) is 3.74. The molecular formula is C11H13ClN2S. The van der Waals surface area contributed by atoms with Crippen molar-refractivity contribution < 1.29 is 0 Å². The summed E-state index contributed by atoms with van der Waals surface area (Å²) < 4.78 is 0. The number of nitrogens with one attached hydrogen (secondary N) is 2. The molecule has 0 aliphatic heterocycles. The van der Waals surface area contributed by atoms with Gasteiger partial charge in [-0.05, 0) is 49.7 Å². The minimum atomic E-state index is 0.559. The summed E-state index contributed by atoms with van der Waals surface area (Å²) >= 11 is 11.1. The van der Waals surface area contributed by atoms with Crippen molar-refractivity contribution in [3.8, 4) is 0 Å². The first kappa shape index (κ1) is 10.7. The molecule has 2 nitrogen and oxygen atoms in total. The second kappa shape index (κ2) is 4.81. The highest BCUT2D eigenvalue weighted by molar-refractivity contribution is 7.80. The molecule has 1 saturated carbocycles. The van der Waals surface area contributed by atoms with Crippen molar-refractivity contribution in [1.82, 2.24) is 5.32 Å². The monoisotopic (exact) mass is 240 g/mol. The number of hydrogen-bond acceptors (Lipinski definition) is 1. The largest absolute Gasteiger partial charge is 0.360 e. The van der Waals surface area contributed by atoms with Crippen LogP contribution in [0.5, 0.6) is 0 Å². The molecule has 15 heavy (non-hydrogen) atoms. The van der Waals surface area contributed by atoms with Crippen LogP contribution in [0.3, 0.4) is 0 Å². The molecule has 0 bridgehead atoms. The van der Waals surface area contributed by atoms with Crippen molar-refractivity contribution in [3.05, 3.63) is 29.3 Å². The highest BCUT2D eigenvalue weighted by Gasteiger charge is 2.17. The Morgan fingerprint density at radius 2 is 2.20 bits per heavy atom. The van der Waals surface area contributed by atoms with Gasteiger partial charge in [0.05, 0.1) is 0 Å². The molecule has 0 radical (unpaired) electrons. The molecule has 4 heteroatoms. The number of halogens is 1. The standard InChI is InChI=1S/C11H13ClN2S/c12-8-3-1-6-10(7-8)14-11(15)13-9-4-2-5-9/h1,3,6-7,9H,2,4-5H2,(H2,13,14,15). The summed E-state index contributed by atoms with van der Waals surface area (Å²) in [6.07, 6.45) is 3.74. The number of anilines is 1. The van der Waals surface area contributed by atoms with Crippen molar-refractivity contribution in [2.24, 2.45) is 0 Å². The zero-order chi connectivity index (χ0) is 10.7. The van der Waals surface area contributed by atoms with E-state index in [1.54, 1.807) is 0 Å². The summed E-state index contributed by atoms with van der Waals surface area (Å²) in [5.41, 5.74) is 0.930. The molecule has 0 heterocycles. The predicted octanol–water partition coefficient (Wildman–Crippen LogP) is 3.18. The Kier molecular flexibility index (Phi) is 3.44. The van der Waals surface area contributed by atoms with E-state index in [1.165, 1.54) is 19.3 Å². The first-order valence-electron chi connectivity index (χ1n) is 5.07. The normalized spacial score (nSPS) is 15.5. The van der Waals surface area contributed by atoms with E-state index >= 15 is 0 Å². The van der Waals surface area contributed by atoms with Gasteiger partial charge in [-0.3, -0.25) is 0 Å². The van der Waals surface area contributed by atoms with E-state index in [-0.39, 0.29) is 0 Å². The predicted molar refractivity (Wildman–Crippen MR) is 68.4 cm³/mol. The van der Waals surface area contributed by atoms with Crippen LogP contribution >= 0.6 is 23.8 Å². The number of rotatable bonds is 2. The first-order valence-corrected chi connectivity index (χ1v) is 5.86. The summed E-state index contributed by atoms with van der Waals surface area (Å²) in [5, 5.41) is 7.78. The lowest BCUT2D eigenvalue weighted by atomic mass is 9.93. The molecule has 0 aromatic heterocycles. The molecule has 2 N–H and O–H groups in total. The smallest absolute Gasteiger partial charge is 0.170 e. The van der Waals surface area contributed by atoms with Crippen LogP contribution in [0, 0.1) is 0 Å². The molecule has 0 atom stereocenters. The SMILES string of the molecule is S=C(Nc1cccc(Cl)c1)NC1CCC1. The van der Waals surface area contributed by atoms with Crippen molar-refractivity contribution in [1.29, 1.82) is 0 Å². The summed E-state index contributed by atoms with van der Waals surface area (Å²) in [5.74, 6) is 0. The van der Waals surface area contributed by atoms with E-state index in [4.69, 9.17) is 23.8 Å². The average molecular weight is 241 g/mol. The molecule has 0 unspecified atom stereocenters. The molecular weight excluding hydrogens is 228 g/mol. The van der Waals surface area contributed by atoms with Crippen molar-refractivity contribution in [2.75, 3.05) is 5.32 Å². The Labute approximate surface area is 100 Å². The van der Waals surface area contributed by atoms with Crippen LogP contribution < -0.4 is 10.6 Å². The van der Waals surface area contributed by atoms with Gasteiger partial charge in [-0.25, -0.2) is 0 Å². The van der Waals surface area contributed by atoms with Gasteiger partial charge in [0.1, 0.15) is 0 Å².